The summed E-state index contributed by atoms with van der Waals surface area (Å²) in [6.07, 6.45) is -9.55. The van der Waals surface area contributed by atoms with Crippen LogP contribution in [0.15, 0.2) is 23.8 Å². The van der Waals surface area contributed by atoms with Crippen molar-refractivity contribution in [2.24, 2.45) is 0 Å². The molecule has 122 valence electrons. The molecule has 0 aromatic carbocycles. The van der Waals surface area contributed by atoms with Crippen LogP contribution in [-0.2, 0) is 9.59 Å². The summed E-state index contributed by atoms with van der Waals surface area (Å²) in [6.45, 7) is 1.79. The standard InChI is InChI=1S/C6H7F3O3.C4H3F3O2/c7-6(8,9)4(5(11)12)2-1-3-10;1-2(3(8)9)4(5,6)7/h2,10H,1,3H2,(H,11,12);1H2,(H,8,9). The lowest BCUT2D eigenvalue weighted by Gasteiger charge is -2.05. The molecule has 0 aliphatic rings. The van der Waals surface area contributed by atoms with Gasteiger partial charge in [-0.3, -0.25) is 0 Å². The topological polar surface area (TPSA) is 94.8 Å². The molecule has 0 fully saturated rings. The van der Waals surface area contributed by atoms with Crippen molar-refractivity contribution in [2.75, 3.05) is 6.61 Å². The van der Waals surface area contributed by atoms with Gasteiger partial charge >= 0.3 is 24.3 Å². The van der Waals surface area contributed by atoms with Crippen LogP contribution in [0.5, 0.6) is 0 Å². The van der Waals surface area contributed by atoms with Crippen molar-refractivity contribution in [3.8, 4) is 0 Å². The van der Waals surface area contributed by atoms with Crippen LogP contribution >= 0.6 is 0 Å². The van der Waals surface area contributed by atoms with E-state index in [-0.39, 0.29) is 6.42 Å². The van der Waals surface area contributed by atoms with Gasteiger partial charge in [0.1, 0.15) is 11.1 Å². The number of halogens is 6. The molecule has 0 unspecified atom stereocenters. The van der Waals surface area contributed by atoms with Gasteiger partial charge in [0.05, 0.1) is 0 Å². The first-order chi connectivity index (χ1) is 9.25. The van der Waals surface area contributed by atoms with Gasteiger partial charge in [0.2, 0.25) is 0 Å². The van der Waals surface area contributed by atoms with E-state index in [0.717, 1.165) is 0 Å². The van der Waals surface area contributed by atoms with Gasteiger partial charge in [-0.1, -0.05) is 12.7 Å². The molecule has 0 spiro atoms. The van der Waals surface area contributed by atoms with Crippen molar-refractivity contribution in [3.63, 3.8) is 0 Å². The maximum Gasteiger partial charge on any atom is 0.423 e. The zero-order valence-corrected chi connectivity index (χ0v) is 10.1. The van der Waals surface area contributed by atoms with Gasteiger partial charge in [-0.2, -0.15) is 26.3 Å². The normalized spacial score (nSPS) is 12.2. The molecular weight excluding hydrogens is 314 g/mol. The largest absolute Gasteiger partial charge is 0.478 e. The number of aliphatic hydroxyl groups is 1. The molecule has 5 nitrogen and oxygen atoms in total. The van der Waals surface area contributed by atoms with Crippen LogP contribution < -0.4 is 0 Å². The predicted octanol–water partition coefficient (Wildman–Crippen LogP) is 2.13. The van der Waals surface area contributed by atoms with Crippen LogP contribution in [-0.4, -0.2) is 46.2 Å². The molecule has 0 atom stereocenters. The minimum Gasteiger partial charge on any atom is -0.478 e. The van der Waals surface area contributed by atoms with Crippen LogP contribution in [0.1, 0.15) is 6.42 Å². The SMILES string of the molecule is C=C(C(=O)O)C(F)(F)F.O=C(O)C(=CCCO)C(F)(F)F. The molecule has 0 aliphatic carbocycles. The van der Waals surface area contributed by atoms with E-state index < -0.39 is 42.0 Å². The quantitative estimate of drug-likeness (QED) is 0.544. The summed E-state index contributed by atoms with van der Waals surface area (Å²) >= 11 is 0. The van der Waals surface area contributed by atoms with Crippen molar-refractivity contribution < 1.29 is 51.3 Å². The summed E-state index contributed by atoms with van der Waals surface area (Å²) in [7, 11) is 0. The van der Waals surface area contributed by atoms with Gasteiger partial charge < -0.3 is 15.3 Å². The number of carboxylic acid groups (broad SMARTS) is 2. The second-order valence-electron chi connectivity index (χ2n) is 3.21. The Balaban J connectivity index is 0. The fraction of sp³-hybridized carbons (Fsp3) is 0.400. The van der Waals surface area contributed by atoms with Gasteiger partial charge in [0.25, 0.3) is 0 Å². The Bertz CT molecular complexity index is 421. The fourth-order valence-corrected chi connectivity index (χ4v) is 0.654. The van der Waals surface area contributed by atoms with E-state index in [0.29, 0.717) is 6.08 Å². The van der Waals surface area contributed by atoms with E-state index in [9.17, 15) is 35.9 Å². The first-order valence-electron chi connectivity index (χ1n) is 4.86. The smallest absolute Gasteiger partial charge is 0.423 e. The van der Waals surface area contributed by atoms with Crippen molar-refractivity contribution in [1.29, 1.82) is 0 Å². The highest BCUT2D eigenvalue weighted by Crippen LogP contribution is 2.25. The number of hydrogen-bond donors (Lipinski definition) is 3. The Morgan fingerprint density at radius 1 is 0.952 bits per heavy atom. The molecule has 0 saturated heterocycles. The maximum atomic E-state index is 11.8. The zero-order chi connectivity index (χ0) is 17.4. The minimum atomic E-state index is -4.86. The summed E-state index contributed by atoms with van der Waals surface area (Å²) < 4.78 is 68.9. The number of aliphatic carboxylic acids is 2. The number of carboxylic acids is 2. The molecule has 0 aliphatic heterocycles. The highest BCUT2D eigenvalue weighted by Gasteiger charge is 2.38. The minimum absolute atomic E-state index is 0.318. The van der Waals surface area contributed by atoms with Crippen LogP contribution in [0.3, 0.4) is 0 Å². The third-order valence-corrected chi connectivity index (χ3v) is 1.61. The molecule has 0 bridgehead atoms. The van der Waals surface area contributed by atoms with Crippen LogP contribution in [0.4, 0.5) is 26.3 Å². The van der Waals surface area contributed by atoms with E-state index in [1.807, 2.05) is 0 Å². The fourth-order valence-electron chi connectivity index (χ4n) is 0.654. The first kappa shape index (κ1) is 21.3. The molecule has 21 heavy (non-hydrogen) atoms. The molecule has 0 amide bonds. The summed E-state index contributed by atoms with van der Waals surface area (Å²) in [6, 6.07) is 0. The lowest BCUT2D eigenvalue weighted by molar-refractivity contribution is -0.146. The molecular formula is C10H10F6O5. The van der Waals surface area contributed by atoms with E-state index >= 15 is 0 Å². The Morgan fingerprint density at radius 2 is 1.38 bits per heavy atom. The van der Waals surface area contributed by atoms with Crippen LogP contribution in [0.2, 0.25) is 0 Å². The number of carbonyl (C=O) groups is 2. The van der Waals surface area contributed by atoms with E-state index in [1.54, 1.807) is 0 Å². The monoisotopic (exact) mass is 324 g/mol. The average Bonchev–Trinajstić information content (AvgIpc) is 2.25. The lowest BCUT2D eigenvalue weighted by atomic mass is 10.2. The Morgan fingerprint density at radius 3 is 1.52 bits per heavy atom. The third kappa shape index (κ3) is 9.49. The molecule has 0 heterocycles. The highest BCUT2D eigenvalue weighted by molar-refractivity contribution is 5.88. The molecule has 3 N–H and O–H groups in total. The van der Waals surface area contributed by atoms with Crippen molar-refractivity contribution in [3.05, 3.63) is 23.8 Å². The zero-order valence-electron chi connectivity index (χ0n) is 10.1. The van der Waals surface area contributed by atoms with Gasteiger partial charge in [-0.05, 0) is 6.42 Å². The van der Waals surface area contributed by atoms with Crippen molar-refractivity contribution >= 4 is 11.9 Å². The summed E-state index contributed by atoms with van der Waals surface area (Å²) in [4.78, 5) is 19.5. The summed E-state index contributed by atoms with van der Waals surface area (Å²) in [5, 5.41) is 23.9. The molecule has 0 rings (SSSR count). The van der Waals surface area contributed by atoms with Crippen molar-refractivity contribution in [2.45, 2.75) is 18.8 Å². The van der Waals surface area contributed by atoms with E-state index in [4.69, 9.17) is 15.3 Å². The molecule has 0 saturated carbocycles. The molecule has 0 radical (unpaired) electrons. The maximum absolute atomic E-state index is 11.8. The van der Waals surface area contributed by atoms with Crippen LogP contribution in [0.25, 0.3) is 0 Å². The predicted molar refractivity (Wildman–Crippen MR) is 56.3 cm³/mol. The van der Waals surface area contributed by atoms with Gasteiger partial charge in [0, 0.05) is 6.61 Å². The number of aliphatic hydroxyl groups excluding tert-OH is 1. The second kappa shape index (κ2) is 8.29. The second-order valence-corrected chi connectivity index (χ2v) is 3.21. The molecule has 0 aromatic heterocycles. The van der Waals surface area contributed by atoms with Gasteiger partial charge in [-0.25, -0.2) is 9.59 Å². The molecule has 11 heteroatoms. The number of rotatable bonds is 4. The number of hydrogen-bond acceptors (Lipinski definition) is 3. The number of alkyl halides is 6. The molecule has 0 aromatic rings. The van der Waals surface area contributed by atoms with Gasteiger partial charge in [0.15, 0.2) is 0 Å². The lowest BCUT2D eigenvalue weighted by Crippen LogP contribution is -2.19. The van der Waals surface area contributed by atoms with Crippen LogP contribution in [0, 0.1) is 0 Å². The Kier molecular flexibility index (Phi) is 8.40. The Hall–Kier alpha value is -2.04. The summed E-state index contributed by atoms with van der Waals surface area (Å²) in [5.41, 5.74) is -3.39. The van der Waals surface area contributed by atoms with Crippen molar-refractivity contribution in [1.82, 2.24) is 0 Å². The van der Waals surface area contributed by atoms with Gasteiger partial charge in [-0.15, -0.1) is 0 Å². The Labute approximate surface area is 113 Å². The van der Waals surface area contributed by atoms with E-state index in [2.05, 4.69) is 6.58 Å². The van der Waals surface area contributed by atoms with E-state index in [1.165, 1.54) is 0 Å². The highest BCUT2D eigenvalue weighted by atomic mass is 19.4. The first-order valence-corrected chi connectivity index (χ1v) is 4.86. The third-order valence-electron chi connectivity index (χ3n) is 1.61. The average molecular weight is 324 g/mol. The summed E-state index contributed by atoms with van der Waals surface area (Å²) in [5.74, 6) is -4.07.